The molecule has 1 aromatic carbocycles. The third-order valence-corrected chi connectivity index (χ3v) is 7.14. The number of aromatic nitrogens is 2. The lowest BCUT2D eigenvalue weighted by atomic mass is 10.0. The molecule has 4 amide bonds. The molecule has 12 heteroatoms. The van der Waals surface area contributed by atoms with Crippen molar-refractivity contribution in [3.05, 3.63) is 70.0 Å². The number of carbonyl (C=O) groups is 4. The molecule has 2 bridgehead atoms. The maximum Gasteiger partial charge on any atom is 0.290 e. The molecular formula is C26H30N6O5S. The minimum atomic E-state index is -0.906. The van der Waals surface area contributed by atoms with E-state index in [0.717, 1.165) is 5.56 Å². The van der Waals surface area contributed by atoms with Crippen molar-refractivity contribution in [3.63, 3.8) is 0 Å². The number of benzene rings is 1. The Balaban J connectivity index is 1.57. The van der Waals surface area contributed by atoms with Crippen LogP contribution in [0.25, 0.3) is 0 Å². The Morgan fingerprint density at radius 1 is 1.08 bits per heavy atom. The van der Waals surface area contributed by atoms with Crippen LogP contribution in [0, 0.1) is 0 Å². The Morgan fingerprint density at radius 3 is 2.61 bits per heavy atom. The number of nitrogens with zero attached hydrogens (tertiary/aromatic N) is 2. The summed E-state index contributed by atoms with van der Waals surface area (Å²) >= 11 is 1.30. The van der Waals surface area contributed by atoms with Gasteiger partial charge in [0.1, 0.15) is 22.8 Å². The molecular weight excluding hydrogens is 508 g/mol. The fourth-order valence-electron chi connectivity index (χ4n) is 4.10. The van der Waals surface area contributed by atoms with Crippen LogP contribution in [-0.2, 0) is 16.0 Å². The lowest BCUT2D eigenvalue weighted by Gasteiger charge is -2.24. The highest BCUT2D eigenvalue weighted by molar-refractivity contribution is 7.09. The Kier molecular flexibility index (Phi) is 9.20. The third-order valence-electron chi connectivity index (χ3n) is 6.18. The van der Waals surface area contributed by atoms with Crippen LogP contribution in [0.3, 0.4) is 0 Å². The molecule has 200 valence electrons. The summed E-state index contributed by atoms with van der Waals surface area (Å²) in [4.78, 5) is 56.3. The highest BCUT2D eigenvalue weighted by Crippen LogP contribution is 2.23. The van der Waals surface area contributed by atoms with Crippen LogP contribution in [0.5, 0.6) is 0 Å². The molecule has 3 heterocycles. The van der Waals surface area contributed by atoms with Crippen molar-refractivity contribution < 1.29 is 23.7 Å². The average molecular weight is 539 g/mol. The zero-order valence-corrected chi connectivity index (χ0v) is 21.8. The number of thiazole rings is 1. The second-order valence-corrected chi connectivity index (χ2v) is 9.84. The number of hydrogen-bond acceptors (Lipinski definition) is 8. The molecule has 4 rings (SSSR count). The fraction of sp³-hybridized carbons (Fsp3) is 0.385. The lowest BCUT2D eigenvalue weighted by molar-refractivity contribution is -0.130. The van der Waals surface area contributed by atoms with Crippen molar-refractivity contribution in [1.82, 2.24) is 31.4 Å². The van der Waals surface area contributed by atoms with E-state index in [1.807, 2.05) is 30.3 Å². The smallest absolute Gasteiger partial charge is 0.290 e. The molecule has 0 radical (unpaired) electrons. The summed E-state index contributed by atoms with van der Waals surface area (Å²) < 4.78 is 4.90. The summed E-state index contributed by atoms with van der Waals surface area (Å²) in [5.74, 6) is -1.76. The third kappa shape index (κ3) is 7.03. The highest BCUT2D eigenvalue weighted by atomic mass is 32.1. The SMILES string of the molecule is CC[C@H]1NC(=O)[C@@H](NC(=O)c2ccno2)CCCCNC(=O)c2csc(n2)[C@H](Cc2ccccc2)NC1=O. The number of rotatable bonds is 5. The van der Waals surface area contributed by atoms with Gasteiger partial charge in [0.15, 0.2) is 0 Å². The fourth-order valence-corrected chi connectivity index (χ4v) is 4.95. The Bertz CT molecular complexity index is 1250. The number of fused-ring (bicyclic) bond motifs is 2. The summed E-state index contributed by atoms with van der Waals surface area (Å²) in [6.45, 7) is 2.18. The standard InChI is InChI=1S/C26H30N6O5S/c1-2-17-23(34)31-19(14-16-8-4-3-5-9-16)26-32-20(15-38-26)22(33)27-12-7-6-10-18(24(35)29-17)30-25(36)21-11-13-28-37-21/h3-5,8-9,11,13,15,17-19H,2,6-7,10,12,14H2,1H3,(H,27,33)(H,29,35)(H,30,36)(H,31,34)/t17-,18+,19+/m1/s1. The van der Waals surface area contributed by atoms with Crippen molar-refractivity contribution >= 4 is 35.0 Å². The topological polar surface area (TPSA) is 155 Å². The van der Waals surface area contributed by atoms with Gasteiger partial charge in [-0.25, -0.2) is 4.98 Å². The number of carbonyl (C=O) groups excluding carboxylic acids is 4. The van der Waals surface area contributed by atoms with Gasteiger partial charge in [0, 0.05) is 18.0 Å². The van der Waals surface area contributed by atoms with Gasteiger partial charge in [-0.05, 0) is 37.7 Å². The molecule has 0 unspecified atom stereocenters. The first kappa shape index (κ1) is 27.0. The van der Waals surface area contributed by atoms with E-state index in [1.54, 1.807) is 12.3 Å². The van der Waals surface area contributed by atoms with Crippen LogP contribution in [0.4, 0.5) is 0 Å². The maximum absolute atomic E-state index is 13.3. The van der Waals surface area contributed by atoms with Gasteiger partial charge in [-0.2, -0.15) is 0 Å². The van der Waals surface area contributed by atoms with Gasteiger partial charge < -0.3 is 25.8 Å². The summed E-state index contributed by atoms with van der Waals surface area (Å²) in [5.41, 5.74) is 1.28. The first-order chi connectivity index (χ1) is 18.4. The minimum Gasteiger partial charge on any atom is -0.351 e. The van der Waals surface area contributed by atoms with Crippen molar-refractivity contribution in [2.45, 2.75) is 57.2 Å². The van der Waals surface area contributed by atoms with Crippen molar-refractivity contribution in [2.75, 3.05) is 6.54 Å². The van der Waals surface area contributed by atoms with E-state index < -0.39 is 29.9 Å². The zero-order chi connectivity index (χ0) is 26.9. The lowest BCUT2D eigenvalue weighted by Crippen LogP contribution is -2.54. The summed E-state index contributed by atoms with van der Waals surface area (Å²) in [6, 6.07) is 8.80. The molecule has 3 atom stereocenters. The van der Waals surface area contributed by atoms with Crippen molar-refractivity contribution in [3.8, 4) is 0 Å². The normalized spacial score (nSPS) is 21.2. The molecule has 0 saturated carbocycles. The quantitative estimate of drug-likeness (QED) is 0.388. The number of amides is 4. The zero-order valence-electron chi connectivity index (χ0n) is 20.9. The van der Waals surface area contributed by atoms with Crippen molar-refractivity contribution in [1.29, 1.82) is 0 Å². The minimum absolute atomic E-state index is 0.0206. The summed E-state index contributed by atoms with van der Waals surface area (Å²) in [7, 11) is 0. The Labute approximate surface area is 223 Å². The Hall–Kier alpha value is -4.06. The highest BCUT2D eigenvalue weighted by Gasteiger charge is 2.29. The van der Waals surface area contributed by atoms with Crippen LogP contribution < -0.4 is 21.3 Å². The molecule has 3 aromatic rings. The van der Waals surface area contributed by atoms with Crippen LogP contribution >= 0.6 is 11.3 Å². The van der Waals surface area contributed by atoms with Gasteiger partial charge in [-0.15, -0.1) is 11.3 Å². The molecule has 0 fully saturated rings. The largest absolute Gasteiger partial charge is 0.351 e. The predicted octanol–water partition coefficient (Wildman–Crippen LogP) is 2.14. The molecule has 2 aromatic heterocycles. The summed E-state index contributed by atoms with van der Waals surface area (Å²) in [6.07, 6.45) is 3.56. The van der Waals surface area contributed by atoms with E-state index >= 15 is 0 Å². The van der Waals surface area contributed by atoms with Crippen LogP contribution in [-0.4, -0.2) is 52.4 Å². The molecule has 1 aliphatic heterocycles. The molecule has 4 N–H and O–H groups in total. The van der Waals surface area contributed by atoms with E-state index in [1.165, 1.54) is 23.6 Å². The van der Waals surface area contributed by atoms with Crippen LogP contribution in [0.1, 0.15) is 70.3 Å². The van der Waals surface area contributed by atoms with E-state index in [0.29, 0.717) is 49.4 Å². The van der Waals surface area contributed by atoms with Gasteiger partial charge in [0.05, 0.1) is 12.2 Å². The van der Waals surface area contributed by atoms with Gasteiger partial charge >= 0.3 is 0 Å². The van der Waals surface area contributed by atoms with E-state index in [-0.39, 0.29) is 17.6 Å². The average Bonchev–Trinajstić information content (AvgIpc) is 3.63. The van der Waals surface area contributed by atoms with Gasteiger partial charge in [-0.1, -0.05) is 42.4 Å². The second-order valence-electron chi connectivity index (χ2n) is 8.95. The molecule has 0 aliphatic carbocycles. The molecule has 1 aliphatic rings. The predicted molar refractivity (Wildman–Crippen MR) is 139 cm³/mol. The van der Waals surface area contributed by atoms with Gasteiger partial charge in [0.2, 0.25) is 17.6 Å². The Morgan fingerprint density at radius 2 is 1.87 bits per heavy atom. The molecule has 38 heavy (non-hydrogen) atoms. The van der Waals surface area contributed by atoms with Crippen LogP contribution in [0.2, 0.25) is 0 Å². The van der Waals surface area contributed by atoms with E-state index in [2.05, 4.69) is 31.4 Å². The molecule has 0 saturated heterocycles. The maximum atomic E-state index is 13.3. The molecule has 0 spiro atoms. The first-order valence-corrected chi connectivity index (χ1v) is 13.4. The monoisotopic (exact) mass is 538 g/mol. The van der Waals surface area contributed by atoms with Crippen LogP contribution in [0.15, 0.2) is 52.5 Å². The second kappa shape index (κ2) is 13.0. The number of hydrogen-bond donors (Lipinski definition) is 4. The molecule has 11 nitrogen and oxygen atoms in total. The van der Waals surface area contributed by atoms with E-state index in [4.69, 9.17) is 4.52 Å². The first-order valence-electron chi connectivity index (χ1n) is 12.5. The van der Waals surface area contributed by atoms with Crippen molar-refractivity contribution in [2.24, 2.45) is 0 Å². The van der Waals surface area contributed by atoms with Gasteiger partial charge in [-0.3, -0.25) is 19.2 Å². The summed E-state index contributed by atoms with van der Waals surface area (Å²) in [5, 5.41) is 17.1. The number of nitrogens with one attached hydrogen (secondary N) is 4. The van der Waals surface area contributed by atoms with E-state index in [9.17, 15) is 19.2 Å². The van der Waals surface area contributed by atoms with Gasteiger partial charge in [0.25, 0.3) is 11.8 Å².